The van der Waals surface area contributed by atoms with Gasteiger partial charge in [0.15, 0.2) is 0 Å². The molecule has 0 fully saturated rings. The Morgan fingerprint density at radius 2 is 1.87 bits per heavy atom. The first-order valence-corrected chi connectivity index (χ1v) is 9.48. The van der Waals surface area contributed by atoms with Crippen LogP contribution in [0.3, 0.4) is 0 Å². The summed E-state index contributed by atoms with van der Waals surface area (Å²) in [6.07, 6.45) is 0. The van der Waals surface area contributed by atoms with Crippen molar-refractivity contribution in [2.75, 3.05) is 5.01 Å². The van der Waals surface area contributed by atoms with E-state index in [1.165, 1.54) is 10.3 Å². The number of fused-ring (bicyclic) bond motifs is 1. The van der Waals surface area contributed by atoms with E-state index in [1.54, 1.807) is 23.1 Å². The first-order chi connectivity index (χ1) is 11.1. The minimum atomic E-state index is 0.0475. The highest BCUT2D eigenvalue weighted by atomic mass is 32.2. The molecule has 0 bridgehead atoms. The summed E-state index contributed by atoms with van der Waals surface area (Å²) in [6, 6.07) is 14.8. The molecule has 0 saturated carbocycles. The Morgan fingerprint density at radius 1 is 1.09 bits per heavy atom. The summed E-state index contributed by atoms with van der Waals surface area (Å²) >= 11 is 7.95. The highest BCUT2D eigenvalue weighted by Crippen LogP contribution is 2.35. The first-order valence-electron chi connectivity index (χ1n) is 7.27. The maximum Gasteiger partial charge on any atom is 0.146 e. The maximum absolute atomic E-state index is 4.74. The molecule has 0 spiro atoms. The van der Waals surface area contributed by atoms with E-state index in [9.17, 15) is 0 Å². The number of rotatable bonds is 2. The lowest BCUT2D eigenvalue weighted by molar-refractivity contribution is 0.978. The monoisotopic (exact) mass is 357 g/mol. The molecule has 2 heterocycles. The van der Waals surface area contributed by atoms with Crippen LogP contribution in [0.5, 0.6) is 0 Å². The number of hydrogen-bond acceptors (Lipinski definition) is 6. The Hall–Kier alpha value is -1.50. The quantitative estimate of drug-likeness (QED) is 0.625. The fourth-order valence-electron chi connectivity index (χ4n) is 2.52. The number of aromatic nitrogens is 1. The van der Waals surface area contributed by atoms with Gasteiger partial charge in [-0.05, 0) is 55.8 Å². The summed E-state index contributed by atoms with van der Waals surface area (Å²) in [4.78, 5) is 4.74. The summed E-state index contributed by atoms with van der Waals surface area (Å²) in [5, 5.41) is 8.54. The zero-order valence-electron chi connectivity index (χ0n) is 12.7. The summed E-state index contributed by atoms with van der Waals surface area (Å²) < 4.78 is 1.28. The Morgan fingerprint density at radius 3 is 2.57 bits per heavy atom. The van der Waals surface area contributed by atoms with Crippen molar-refractivity contribution in [2.45, 2.75) is 18.6 Å². The summed E-state index contributed by atoms with van der Waals surface area (Å²) in [6.45, 7) is 4.11. The van der Waals surface area contributed by atoms with Crippen LogP contribution in [0.25, 0.3) is 20.8 Å². The molecule has 0 radical (unpaired) electrons. The minimum Gasteiger partial charge on any atom is -0.241 e. The molecule has 3 aromatic rings. The summed E-state index contributed by atoms with van der Waals surface area (Å²) in [5.74, 6) is 0. The molecule has 1 atom stereocenters. The minimum absolute atomic E-state index is 0.0475. The molecule has 3 nitrogen and oxygen atoms in total. The average Bonchev–Trinajstić information content (AvgIpc) is 3.10. The van der Waals surface area contributed by atoms with Gasteiger partial charge < -0.3 is 0 Å². The van der Waals surface area contributed by atoms with Crippen LogP contribution in [-0.2, 0) is 0 Å². The van der Waals surface area contributed by atoms with Crippen molar-refractivity contribution in [2.24, 2.45) is 5.10 Å². The first kappa shape index (κ1) is 15.1. The largest absolute Gasteiger partial charge is 0.241 e. The van der Waals surface area contributed by atoms with Crippen molar-refractivity contribution in [1.82, 2.24) is 4.98 Å². The third-order valence-electron chi connectivity index (χ3n) is 3.66. The number of anilines is 1. The molecule has 23 heavy (non-hydrogen) atoms. The van der Waals surface area contributed by atoms with Gasteiger partial charge in [0, 0.05) is 5.56 Å². The van der Waals surface area contributed by atoms with Gasteiger partial charge in [0.05, 0.1) is 20.9 Å². The molecule has 4 rings (SSSR count). The van der Waals surface area contributed by atoms with E-state index in [2.05, 4.69) is 67.1 Å². The van der Waals surface area contributed by atoms with Crippen LogP contribution in [0, 0.1) is 6.92 Å². The Kier molecular flexibility index (Phi) is 3.83. The van der Waals surface area contributed by atoms with E-state index >= 15 is 0 Å². The average molecular weight is 358 g/mol. The van der Waals surface area contributed by atoms with Gasteiger partial charge in [-0.25, -0.2) is 9.99 Å². The highest BCUT2D eigenvalue weighted by molar-refractivity contribution is 8.21. The van der Waals surface area contributed by atoms with Gasteiger partial charge in [0.25, 0.3) is 0 Å². The maximum atomic E-state index is 4.74. The van der Waals surface area contributed by atoms with Gasteiger partial charge in [-0.2, -0.15) is 5.10 Å². The molecule has 0 saturated heterocycles. The van der Waals surface area contributed by atoms with Crippen molar-refractivity contribution in [3.63, 3.8) is 0 Å². The second kappa shape index (κ2) is 5.85. The van der Waals surface area contributed by atoms with Crippen LogP contribution >= 0.6 is 35.7 Å². The third-order valence-corrected chi connectivity index (χ3v) is 6.09. The van der Waals surface area contributed by atoms with Crippen molar-refractivity contribution in [1.29, 1.82) is 0 Å². The van der Waals surface area contributed by atoms with E-state index in [0.717, 1.165) is 26.8 Å². The van der Waals surface area contributed by atoms with E-state index in [-0.39, 0.29) is 4.71 Å². The Labute approximate surface area is 148 Å². The zero-order chi connectivity index (χ0) is 16.0. The van der Waals surface area contributed by atoms with Gasteiger partial charge in [0.1, 0.15) is 9.71 Å². The number of aryl methyl sites for hydroxylation is 1. The van der Waals surface area contributed by atoms with Crippen LogP contribution in [0.1, 0.15) is 12.5 Å². The van der Waals surface area contributed by atoms with Gasteiger partial charge in [0.2, 0.25) is 0 Å². The van der Waals surface area contributed by atoms with Crippen LogP contribution in [-0.4, -0.2) is 14.7 Å². The smallest absolute Gasteiger partial charge is 0.146 e. The Bertz CT molecular complexity index is 899. The number of thioether (sulfide) groups is 1. The second-order valence-corrected chi connectivity index (χ2v) is 8.59. The Balaban J connectivity index is 1.67. The zero-order valence-corrected chi connectivity index (χ0v) is 15.3. The molecule has 2 aromatic carbocycles. The molecule has 0 aliphatic carbocycles. The molecule has 0 N–H and O–H groups in total. The van der Waals surface area contributed by atoms with Crippen molar-refractivity contribution >= 4 is 56.7 Å². The van der Waals surface area contributed by atoms with Gasteiger partial charge >= 0.3 is 0 Å². The fraction of sp³-hybridized carbons (Fsp3) is 0.176. The predicted molar refractivity (Wildman–Crippen MR) is 106 cm³/mol. The molecule has 1 aromatic heterocycles. The van der Waals surface area contributed by atoms with Crippen molar-refractivity contribution in [3.05, 3.63) is 48.0 Å². The molecule has 1 unspecified atom stereocenters. The second-order valence-electron chi connectivity index (χ2n) is 5.44. The number of hydrogen-bond donors (Lipinski definition) is 1. The van der Waals surface area contributed by atoms with Gasteiger partial charge in [-0.15, -0.1) is 24.0 Å². The van der Waals surface area contributed by atoms with Crippen LogP contribution < -0.4 is 5.01 Å². The predicted octanol–water partition coefficient (Wildman–Crippen LogP) is 5.37. The molecular formula is C17H15N3S3. The molecular weight excluding hydrogens is 342 g/mol. The van der Waals surface area contributed by atoms with Crippen LogP contribution in [0.4, 0.5) is 5.69 Å². The highest BCUT2D eigenvalue weighted by Gasteiger charge is 2.23. The lowest BCUT2D eigenvalue weighted by Gasteiger charge is -2.18. The van der Waals surface area contributed by atoms with E-state index < -0.39 is 0 Å². The topological polar surface area (TPSA) is 28.5 Å². The molecule has 0 amide bonds. The SMILES string of the molecule is CC1=NN(c2ccc(-c3nc4ccc(C)cc4s3)cc2)C(S)S1. The van der Waals surface area contributed by atoms with Crippen LogP contribution in [0.15, 0.2) is 47.6 Å². The summed E-state index contributed by atoms with van der Waals surface area (Å²) in [5.41, 5.74) is 4.51. The lowest BCUT2D eigenvalue weighted by Crippen LogP contribution is -2.17. The van der Waals surface area contributed by atoms with Crippen molar-refractivity contribution in [3.8, 4) is 10.6 Å². The third kappa shape index (κ3) is 2.86. The number of thiol groups is 1. The van der Waals surface area contributed by atoms with E-state index in [0.29, 0.717) is 0 Å². The van der Waals surface area contributed by atoms with E-state index in [1.807, 2.05) is 11.9 Å². The number of benzene rings is 2. The molecule has 1 aliphatic rings. The fourth-order valence-corrected chi connectivity index (χ4v) is 4.95. The number of nitrogens with zero attached hydrogens (tertiary/aromatic N) is 3. The molecule has 116 valence electrons. The number of hydrazone groups is 1. The normalized spacial score (nSPS) is 17.8. The van der Waals surface area contributed by atoms with Crippen molar-refractivity contribution < 1.29 is 0 Å². The summed E-state index contributed by atoms with van der Waals surface area (Å²) in [7, 11) is 0. The van der Waals surface area contributed by atoms with Gasteiger partial charge in [-0.3, -0.25) is 0 Å². The van der Waals surface area contributed by atoms with Gasteiger partial charge in [-0.1, -0.05) is 17.8 Å². The molecule has 6 heteroatoms. The number of thiazole rings is 1. The van der Waals surface area contributed by atoms with Crippen LogP contribution in [0.2, 0.25) is 0 Å². The van der Waals surface area contributed by atoms with E-state index in [4.69, 9.17) is 4.98 Å². The lowest BCUT2D eigenvalue weighted by atomic mass is 10.2. The standard InChI is InChI=1S/C17H15N3S3/c1-10-3-8-14-15(9-10)23-16(18-14)12-4-6-13(7-5-12)20-17(21)22-11(2)19-20/h3-9,17,21H,1-2H3. The molecule has 1 aliphatic heterocycles.